The Hall–Kier alpha value is -2.20. The average Bonchev–Trinajstić information content (AvgIpc) is 2.86. The number of fused-ring (bicyclic) bond motifs is 3. The van der Waals surface area contributed by atoms with Crippen LogP contribution in [-0.2, 0) is 6.42 Å². The highest BCUT2D eigenvalue weighted by Gasteiger charge is 2.25. The summed E-state index contributed by atoms with van der Waals surface area (Å²) in [6.45, 7) is 0.885. The standard InChI is InChI=1S/C16H14FN3/c17-11-3-4-14-13(8-11)12-5-7-19-15(16(12)20-14)10-2-1-6-18-9-10/h1-4,6,8-9,15,19-20H,5,7H2. The van der Waals surface area contributed by atoms with E-state index in [1.165, 1.54) is 11.6 Å². The van der Waals surface area contributed by atoms with E-state index in [1.54, 1.807) is 12.3 Å². The van der Waals surface area contributed by atoms with E-state index in [1.807, 2.05) is 18.3 Å². The third-order valence-electron chi connectivity index (χ3n) is 3.93. The lowest BCUT2D eigenvalue weighted by Gasteiger charge is -2.24. The number of aromatic amines is 1. The molecule has 4 heteroatoms. The summed E-state index contributed by atoms with van der Waals surface area (Å²) in [4.78, 5) is 7.62. The van der Waals surface area contributed by atoms with Crippen molar-refractivity contribution in [3.8, 4) is 0 Å². The van der Waals surface area contributed by atoms with Crippen molar-refractivity contribution in [3.63, 3.8) is 0 Å². The molecule has 1 aliphatic heterocycles. The lowest BCUT2D eigenvalue weighted by atomic mass is 9.95. The van der Waals surface area contributed by atoms with Crippen LogP contribution < -0.4 is 5.32 Å². The van der Waals surface area contributed by atoms with Crippen molar-refractivity contribution < 1.29 is 4.39 Å². The molecule has 0 aliphatic carbocycles. The topological polar surface area (TPSA) is 40.7 Å². The lowest BCUT2D eigenvalue weighted by Crippen LogP contribution is -2.30. The van der Waals surface area contributed by atoms with Crippen LogP contribution in [0.4, 0.5) is 4.39 Å². The molecule has 100 valence electrons. The SMILES string of the molecule is Fc1ccc2[nH]c3c(c2c1)CCNC3c1cccnc1. The van der Waals surface area contributed by atoms with E-state index < -0.39 is 0 Å². The van der Waals surface area contributed by atoms with Gasteiger partial charge in [-0.2, -0.15) is 0 Å². The average molecular weight is 267 g/mol. The number of hydrogen-bond donors (Lipinski definition) is 2. The number of nitrogens with one attached hydrogen (secondary N) is 2. The molecule has 1 atom stereocenters. The molecule has 3 heterocycles. The second-order valence-electron chi connectivity index (χ2n) is 5.13. The zero-order chi connectivity index (χ0) is 13.5. The van der Waals surface area contributed by atoms with Crippen molar-refractivity contribution >= 4 is 10.9 Å². The zero-order valence-electron chi connectivity index (χ0n) is 10.9. The molecule has 0 spiro atoms. The van der Waals surface area contributed by atoms with Crippen LogP contribution in [0.15, 0.2) is 42.7 Å². The maximum atomic E-state index is 13.5. The van der Waals surface area contributed by atoms with Gasteiger partial charge in [0.2, 0.25) is 0 Å². The number of hydrogen-bond acceptors (Lipinski definition) is 2. The fourth-order valence-electron chi connectivity index (χ4n) is 3.03. The second kappa shape index (κ2) is 4.42. The molecule has 3 nitrogen and oxygen atoms in total. The van der Waals surface area contributed by atoms with Crippen molar-refractivity contribution in [2.24, 2.45) is 0 Å². The Balaban J connectivity index is 1.91. The van der Waals surface area contributed by atoms with Crippen LogP contribution in [0.3, 0.4) is 0 Å². The predicted molar refractivity (Wildman–Crippen MR) is 76.0 cm³/mol. The Morgan fingerprint density at radius 1 is 1.25 bits per heavy atom. The van der Waals surface area contributed by atoms with Gasteiger partial charge in [-0.15, -0.1) is 0 Å². The van der Waals surface area contributed by atoms with E-state index in [0.29, 0.717) is 0 Å². The molecule has 0 bridgehead atoms. The third-order valence-corrected chi connectivity index (χ3v) is 3.93. The minimum Gasteiger partial charge on any atom is -0.357 e. The van der Waals surface area contributed by atoms with E-state index in [2.05, 4.69) is 21.4 Å². The molecular weight excluding hydrogens is 253 g/mol. The molecule has 1 aliphatic rings. The van der Waals surface area contributed by atoms with Crippen LogP contribution in [0, 0.1) is 5.82 Å². The maximum absolute atomic E-state index is 13.5. The Labute approximate surface area is 115 Å². The smallest absolute Gasteiger partial charge is 0.123 e. The summed E-state index contributed by atoms with van der Waals surface area (Å²) in [6.07, 6.45) is 4.56. The van der Waals surface area contributed by atoms with E-state index in [9.17, 15) is 4.39 Å². The van der Waals surface area contributed by atoms with E-state index in [4.69, 9.17) is 0 Å². The molecule has 0 fully saturated rings. The normalized spacial score (nSPS) is 18.1. The van der Waals surface area contributed by atoms with Crippen LogP contribution in [0.2, 0.25) is 0 Å². The molecule has 0 amide bonds. The number of halogens is 1. The number of benzene rings is 1. The summed E-state index contributed by atoms with van der Waals surface area (Å²) in [7, 11) is 0. The first kappa shape index (κ1) is 11.6. The highest BCUT2D eigenvalue weighted by Crippen LogP contribution is 2.33. The quantitative estimate of drug-likeness (QED) is 0.711. The summed E-state index contributed by atoms with van der Waals surface area (Å²) >= 11 is 0. The van der Waals surface area contributed by atoms with Crippen LogP contribution in [-0.4, -0.2) is 16.5 Å². The van der Waals surface area contributed by atoms with E-state index in [0.717, 1.165) is 35.1 Å². The van der Waals surface area contributed by atoms with Crippen LogP contribution >= 0.6 is 0 Å². The van der Waals surface area contributed by atoms with Gasteiger partial charge in [0.05, 0.1) is 6.04 Å². The van der Waals surface area contributed by atoms with Crippen LogP contribution in [0.25, 0.3) is 10.9 Å². The minimum atomic E-state index is -0.184. The molecule has 4 rings (SSSR count). The number of aromatic nitrogens is 2. The van der Waals surface area contributed by atoms with E-state index >= 15 is 0 Å². The first-order valence-corrected chi connectivity index (χ1v) is 6.76. The maximum Gasteiger partial charge on any atom is 0.123 e. The molecule has 2 N–H and O–H groups in total. The summed E-state index contributed by atoms with van der Waals surface area (Å²) < 4.78 is 13.5. The molecule has 0 saturated heterocycles. The van der Waals surface area contributed by atoms with Gasteiger partial charge in [0.1, 0.15) is 5.82 Å². The van der Waals surface area contributed by atoms with Crippen molar-refractivity contribution in [3.05, 3.63) is 65.4 Å². The second-order valence-corrected chi connectivity index (χ2v) is 5.13. The summed E-state index contributed by atoms with van der Waals surface area (Å²) in [5.41, 5.74) is 4.46. The van der Waals surface area contributed by atoms with Crippen molar-refractivity contribution in [1.29, 1.82) is 0 Å². The molecule has 0 radical (unpaired) electrons. The Morgan fingerprint density at radius 2 is 2.20 bits per heavy atom. The van der Waals surface area contributed by atoms with Gasteiger partial charge >= 0.3 is 0 Å². The monoisotopic (exact) mass is 267 g/mol. The lowest BCUT2D eigenvalue weighted by molar-refractivity contribution is 0.559. The van der Waals surface area contributed by atoms with Crippen molar-refractivity contribution in [1.82, 2.24) is 15.3 Å². The Bertz CT molecular complexity index is 764. The zero-order valence-corrected chi connectivity index (χ0v) is 10.9. The molecule has 1 unspecified atom stereocenters. The Kier molecular flexibility index (Phi) is 2.57. The van der Waals surface area contributed by atoms with Gasteiger partial charge in [0.15, 0.2) is 0 Å². The highest BCUT2D eigenvalue weighted by molar-refractivity contribution is 5.85. The number of pyridine rings is 1. The fraction of sp³-hybridized carbons (Fsp3) is 0.188. The van der Waals surface area contributed by atoms with Crippen molar-refractivity contribution in [2.45, 2.75) is 12.5 Å². The molecule has 1 aromatic carbocycles. The van der Waals surface area contributed by atoms with Gasteiger partial charge in [-0.25, -0.2) is 4.39 Å². The van der Waals surface area contributed by atoms with Gasteiger partial charge in [0, 0.05) is 35.5 Å². The molecule has 2 aromatic heterocycles. The Morgan fingerprint density at radius 3 is 3.05 bits per heavy atom. The van der Waals surface area contributed by atoms with Crippen LogP contribution in [0.1, 0.15) is 22.9 Å². The van der Waals surface area contributed by atoms with Gasteiger partial charge in [-0.3, -0.25) is 4.98 Å². The van der Waals surface area contributed by atoms with Crippen LogP contribution in [0.5, 0.6) is 0 Å². The minimum absolute atomic E-state index is 0.0999. The summed E-state index contributed by atoms with van der Waals surface area (Å²) in [5, 5.41) is 4.50. The van der Waals surface area contributed by atoms with Gasteiger partial charge in [0.25, 0.3) is 0 Å². The molecule has 3 aromatic rings. The first-order chi connectivity index (χ1) is 9.83. The molecule has 20 heavy (non-hydrogen) atoms. The highest BCUT2D eigenvalue weighted by atomic mass is 19.1. The third kappa shape index (κ3) is 1.72. The number of nitrogens with zero attached hydrogens (tertiary/aromatic N) is 1. The fourth-order valence-corrected chi connectivity index (χ4v) is 3.03. The van der Waals surface area contributed by atoms with Gasteiger partial charge in [-0.05, 0) is 41.8 Å². The summed E-state index contributed by atoms with van der Waals surface area (Å²) in [6, 6.07) is 9.03. The van der Waals surface area contributed by atoms with Gasteiger partial charge in [-0.1, -0.05) is 6.07 Å². The van der Waals surface area contributed by atoms with Crippen molar-refractivity contribution in [2.75, 3.05) is 6.54 Å². The molecular formula is C16H14FN3. The molecule has 0 saturated carbocycles. The number of rotatable bonds is 1. The first-order valence-electron chi connectivity index (χ1n) is 6.76. The van der Waals surface area contributed by atoms with Gasteiger partial charge < -0.3 is 10.3 Å². The number of H-pyrrole nitrogens is 1. The van der Waals surface area contributed by atoms with E-state index in [-0.39, 0.29) is 11.9 Å². The summed E-state index contributed by atoms with van der Waals surface area (Å²) in [5.74, 6) is -0.184. The predicted octanol–water partition coefficient (Wildman–Crippen LogP) is 2.94. The largest absolute Gasteiger partial charge is 0.357 e.